The lowest BCUT2D eigenvalue weighted by molar-refractivity contribution is 0.601. The molecule has 118 valence electrons. The van der Waals surface area contributed by atoms with E-state index in [2.05, 4.69) is 36.2 Å². The molecule has 3 rings (SSSR count). The third-order valence-electron chi connectivity index (χ3n) is 2.93. The van der Waals surface area contributed by atoms with Crippen molar-refractivity contribution in [3.8, 4) is 5.69 Å². The molecule has 0 atom stereocenters. The van der Waals surface area contributed by atoms with Gasteiger partial charge in [-0.05, 0) is 40.8 Å². The van der Waals surface area contributed by atoms with Crippen molar-refractivity contribution < 1.29 is 8.42 Å². The molecular formula is C13H9BrClN5O2S. The van der Waals surface area contributed by atoms with Crippen LogP contribution in [0.3, 0.4) is 0 Å². The summed E-state index contributed by atoms with van der Waals surface area (Å²) in [5.74, 6) is 0. The fraction of sp³-hybridized carbons (Fsp3) is 0. The molecule has 0 saturated heterocycles. The van der Waals surface area contributed by atoms with Gasteiger partial charge in [-0.15, -0.1) is 5.10 Å². The van der Waals surface area contributed by atoms with Crippen LogP contribution in [0.1, 0.15) is 0 Å². The number of tetrazole rings is 1. The molecule has 10 heteroatoms. The SMILES string of the molecule is O=S(=O)(Nc1ccccc1-n1cnnn1)c1ccc(Br)cc1Cl. The van der Waals surface area contributed by atoms with E-state index in [0.717, 1.165) is 0 Å². The third-order valence-corrected chi connectivity index (χ3v) is 5.27. The van der Waals surface area contributed by atoms with E-state index in [4.69, 9.17) is 11.6 Å². The molecule has 0 bridgehead atoms. The number of hydrogen-bond donors (Lipinski definition) is 1. The Bertz CT molecular complexity index is 947. The largest absolute Gasteiger partial charge is 0.277 e. The van der Waals surface area contributed by atoms with Crippen molar-refractivity contribution in [3.05, 3.63) is 58.3 Å². The Kier molecular flexibility index (Phi) is 4.33. The second kappa shape index (κ2) is 6.26. The van der Waals surface area contributed by atoms with Gasteiger partial charge in [-0.25, -0.2) is 8.42 Å². The Morgan fingerprint density at radius 2 is 1.96 bits per heavy atom. The van der Waals surface area contributed by atoms with Gasteiger partial charge in [-0.2, -0.15) is 4.68 Å². The summed E-state index contributed by atoms with van der Waals surface area (Å²) >= 11 is 9.28. The summed E-state index contributed by atoms with van der Waals surface area (Å²) in [6, 6.07) is 11.3. The van der Waals surface area contributed by atoms with Gasteiger partial charge in [0.15, 0.2) is 0 Å². The zero-order valence-corrected chi connectivity index (χ0v) is 14.5. The van der Waals surface area contributed by atoms with Gasteiger partial charge in [0, 0.05) is 4.47 Å². The summed E-state index contributed by atoms with van der Waals surface area (Å²) in [7, 11) is -3.86. The molecule has 1 heterocycles. The molecule has 3 aromatic rings. The van der Waals surface area contributed by atoms with E-state index in [1.807, 2.05) is 0 Å². The summed E-state index contributed by atoms with van der Waals surface area (Å²) < 4.78 is 29.7. The Morgan fingerprint density at radius 3 is 2.65 bits per heavy atom. The third kappa shape index (κ3) is 3.36. The molecular weight excluding hydrogens is 406 g/mol. The van der Waals surface area contributed by atoms with Crippen LogP contribution in [0.15, 0.2) is 58.2 Å². The van der Waals surface area contributed by atoms with Crippen molar-refractivity contribution in [2.45, 2.75) is 4.90 Å². The number of benzene rings is 2. The van der Waals surface area contributed by atoms with Crippen LogP contribution in [-0.4, -0.2) is 28.6 Å². The van der Waals surface area contributed by atoms with Gasteiger partial charge in [0.05, 0.1) is 16.4 Å². The Balaban J connectivity index is 2.02. The number of anilines is 1. The minimum absolute atomic E-state index is 0.0196. The molecule has 7 nitrogen and oxygen atoms in total. The highest BCUT2D eigenvalue weighted by Gasteiger charge is 2.20. The minimum atomic E-state index is -3.86. The molecule has 23 heavy (non-hydrogen) atoms. The van der Waals surface area contributed by atoms with E-state index >= 15 is 0 Å². The van der Waals surface area contributed by atoms with Crippen LogP contribution in [0, 0.1) is 0 Å². The van der Waals surface area contributed by atoms with Crippen LogP contribution in [-0.2, 0) is 10.0 Å². The summed E-state index contributed by atoms with van der Waals surface area (Å²) in [5, 5.41) is 11.0. The predicted molar refractivity (Wildman–Crippen MR) is 89.1 cm³/mol. The quantitative estimate of drug-likeness (QED) is 0.709. The molecule has 0 saturated carbocycles. The summed E-state index contributed by atoms with van der Waals surface area (Å²) in [6.07, 6.45) is 1.37. The molecule has 0 spiro atoms. The number of nitrogens with zero attached hydrogens (tertiary/aromatic N) is 4. The fourth-order valence-corrected chi connectivity index (χ4v) is 4.04. The highest BCUT2D eigenvalue weighted by molar-refractivity contribution is 9.10. The molecule has 1 N–H and O–H groups in total. The summed E-state index contributed by atoms with van der Waals surface area (Å²) in [5.41, 5.74) is 0.827. The normalized spacial score (nSPS) is 11.4. The summed E-state index contributed by atoms with van der Waals surface area (Å²) in [4.78, 5) is -0.0196. The molecule has 1 aromatic heterocycles. The average molecular weight is 415 g/mol. The van der Waals surface area contributed by atoms with Gasteiger partial charge in [-0.1, -0.05) is 39.7 Å². The van der Waals surface area contributed by atoms with E-state index in [1.54, 1.807) is 30.3 Å². The number of hydrogen-bond acceptors (Lipinski definition) is 5. The van der Waals surface area contributed by atoms with Crippen molar-refractivity contribution in [2.75, 3.05) is 4.72 Å². The van der Waals surface area contributed by atoms with Crippen molar-refractivity contribution >= 4 is 43.2 Å². The van der Waals surface area contributed by atoms with Crippen LogP contribution in [0.4, 0.5) is 5.69 Å². The van der Waals surface area contributed by atoms with Crippen LogP contribution in [0.2, 0.25) is 5.02 Å². The number of sulfonamides is 1. The molecule has 0 unspecified atom stereocenters. The molecule has 0 aliphatic rings. The second-order valence-corrected chi connectivity index (χ2v) is 7.43. The maximum Gasteiger partial charge on any atom is 0.263 e. The van der Waals surface area contributed by atoms with Crippen LogP contribution < -0.4 is 4.72 Å². The van der Waals surface area contributed by atoms with Crippen molar-refractivity contribution in [3.63, 3.8) is 0 Å². The van der Waals surface area contributed by atoms with E-state index in [-0.39, 0.29) is 9.92 Å². The number of halogens is 2. The molecule has 0 fully saturated rings. The summed E-state index contributed by atoms with van der Waals surface area (Å²) in [6.45, 7) is 0. The highest BCUT2D eigenvalue weighted by atomic mass is 79.9. The number of aromatic nitrogens is 4. The molecule has 0 radical (unpaired) electrons. The zero-order valence-electron chi connectivity index (χ0n) is 11.4. The lowest BCUT2D eigenvalue weighted by Gasteiger charge is -2.12. The van der Waals surface area contributed by atoms with Crippen LogP contribution >= 0.6 is 27.5 Å². The first kappa shape index (κ1) is 15.9. The first-order valence-electron chi connectivity index (χ1n) is 6.27. The Labute approximate surface area is 145 Å². The lowest BCUT2D eigenvalue weighted by Crippen LogP contribution is -2.15. The van der Waals surface area contributed by atoms with Gasteiger partial charge < -0.3 is 0 Å². The highest BCUT2D eigenvalue weighted by Crippen LogP contribution is 2.28. The average Bonchev–Trinajstić information content (AvgIpc) is 3.01. The van der Waals surface area contributed by atoms with Gasteiger partial charge in [0.25, 0.3) is 10.0 Å². The van der Waals surface area contributed by atoms with Crippen LogP contribution in [0.25, 0.3) is 5.69 Å². The maximum atomic E-state index is 12.6. The first-order chi connectivity index (χ1) is 11.0. The predicted octanol–water partition coefficient (Wildman–Crippen LogP) is 2.88. The number of para-hydroxylation sites is 2. The molecule has 0 aliphatic carbocycles. The van der Waals surface area contributed by atoms with Gasteiger partial charge in [0.2, 0.25) is 0 Å². The Morgan fingerprint density at radius 1 is 1.17 bits per heavy atom. The van der Waals surface area contributed by atoms with Gasteiger partial charge >= 0.3 is 0 Å². The number of rotatable bonds is 4. The zero-order chi connectivity index (χ0) is 16.4. The van der Waals surface area contributed by atoms with Crippen molar-refractivity contribution in [2.24, 2.45) is 0 Å². The lowest BCUT2D eigenvalue weighted by atomic mass is 10.3. The van der Waals surface area contributed by atoms with Crippen molar-refractivity contribution in [1.82, 2.24) is 20.2 Å². The fourth-order valence-electron chi connectivity index (χ4n) is 1.92. The van der Waals surface area contributed by atoms with Crippen LogP contribution in [0.5, 0.6) is 0 Å². The number of nitrogens with one attached hydrogen (secondary N) is 1. The molecule has 0 amide bonds. The Hall–Kier alpha value is -1.97. The van der Waals surface area contributed by atoms with E-state index in [9.17, 15) is 8.42 Å². The van der Waals surface area contributed by atoms with E-state index in [1.165, 1.54) is 23.1 Å². The smallest absolute Gasteiger partial charge is 0.263 e. The maximum absolute atomic E-state index is 12.6. The van der Waals surface area contributed by atoms with Crippen molar-refractivity contribution in [1.29, 1.82) is 0 Å². The minimum Gasteiger partial charge on any atom is -0.277 e. The second-order valence-electron chi connectivity index (χ2n) is 4.45. The molecule has 0 aliphatic heterocycles. The van der Waals surface area contributed by atoms with E-state index < -0.39 is 10.0 Å². The molecule has 2 aromatic carbocycles. The first-order valence-corrected chi connectivity index (χ1v) is 8.93. The van der Waals surface area contributed by atoms with E-state index in [0.29, 0.717) is 15.8 Å². The van der Waals surface area contributed by atoms with Gasteiger partial charge in [0.1, 0.15) is 11.2 Å². The standard InChI is InChI=1S/C13H9BrClN5O2S/c14-9-5-6-13(10(15)7-9)23(21,22)17-11-3-1-2-4-12(11)20-8-16-18-19-20/h1-8,17H. The topological polar surface area (TPSA) is 89.8 Å². The monoisotopic (exact) mass is 413 g/mol. The van der Waals surface area contributed by atoms with Gasteiger partial charge in [-0.3, -0.25) is 4.72 Å².